The van der Waals surface area contributed by atoms with Crippen LogP contribution >= 0.6 is 0 Å². The van der Waals surface area contributed by atoms with Crippen LogP contribution in [-0.4, -0.2) is 39.9 Å². The highest BCUT2D eigenvalue weighted by atomic mass is 16.2. The van der Waals surface area contributed by atoms with E-state index in [0.29, 0.717) is 17.2 Å². The van der Waals surface area contributed by atoms with Crippen molar-refractivity contribution in [3.05, 3.63) is 70.5 Å². The SMILES string of the molecule is [NH3+]C1CCN(C(=O)c2ccc3[nH]c(-c4cc5ccccc5[nH]c4=O)cc3c2)CC1. The van der Waals surface area contributed by atoms with E-state index in [1.807, 2.05) is 59.5 Å². The zero-order valence-corrected chi connectivity index (χ0v) is 16.1. The van der Waals surface area contributed by atoms with Crippen molar-refractivity contribution in [1.82, 2.24) is 14.9 Å². The minimum atomic E-state index is -0.136. The van der Waals surface area contributed by atoms with Crippen molar-refractivity contribution in [2.75, 3.05) is 13.1 Å². The fraction of sp³-hybridized carbons (Fsp3) is 0.217. The Morgan fingerprint density at radius 2 is 1.69 bits per heavy atom. The lowest BCUT2D eigenvalue weighted by Gasteiger charge is -2.28. The number of hydrogen-bond acceptors (Lipinski definition) is 2. The van der Waals surface area contributed by atoms with Gasteiger partial charge < -0.3 is 20.6 Å². The molecule has 1 aliphatic heterocycles. The van der Waals surface area contributed by atoms with Gasteiger partial charge >= 0.3 is 0 Å². The van der Waals surface area contributed by atoms with Crippen LogP contribution in [0, 0.1) is 0 Å². The van der Waals surface area contributed by atoms with E-state index in [9.17, 15) is 9.59 Å². The summed E-state index contributed by atoms with van der Waals surface area (Å²) in [6.45, 7) is 1.52. The zero-order valence-electron chi connectivity index (χ0n) is 16.1. The molecule has 29 heavy (non-hydrogen) atoms. The maximum Gasteiger partial charge on any atom is 0.257 e. The number of aromatic amines is 2. The number of likely N-dealkylation sites (tertiary alicyclic amines) is 1. The Labute approximate surface area is 167 Å². The Kier molecular flexibility index (Phi) is 4.21. The molecule has 0 atom stereocenters. The first-order valence-electron chi connectivity index (χ1n) is 9.96. The summed E-state index contributed by atoms with van der Waals surface area (Å²) in [6, 6.07) is 17.7. The van der Waals surface area contributed by atoms with Gasteiger partial charge in [-0.1, -0.05) is 18.2 Å². The highest BCUT2D eigenvalue weighted by Crippen LogP contribution is 2.25. The molecule has 5 rings (SSSR count). The average molecular weight is 387 g/mol. The van der Waals surface area contributed by atoms with Crippen LogP contribution in [-0.2, 0) is 0 Å². The maximum atomic E-state index is 12.9. The third-order valence-electron chi connectivity index (χ3n) is 5.81. The summed E-state index contributed by atoms with van der Waals surface area (Å²) in [5.74, 6) is 0.0603. The predicted octanol–water partition coefficient (Wildman–Crippen LogP) is 2.52. The van der Waals surface area contributed by atoms with Gasteiger partial charge in [0, 0.05) is 47.9 Å². The van der Waals surface area contributed by atoms with Crippen molar-refractivity contribution in [2.45, 2.75) is 18.9 Å². The molecule has 0 bridgehead atoms. The van der Waals surface area contributed by atoms with Crippen LogP contribution in [0.2, 0.25) is 0 Å². The first-order valence-corrected chi connectivity index (χ1v) is 9.96. The van der Waals surface area contributed by atoms with E-state index < -0.39 is 0 Å². The van der Waals surface area contributed by atoms with Crippen molar-refractivity contribution in [2.24, 2.45) is 0 Å². The molecule has 1 fully saturated rings. The molecule has 2 aromatic heterocycles. The van der Waals surface area contributed by atoms with Gasteiger partial charge in [0.1, 0.15) is 0 Å². The lowest BCUT2D eigenvalue weighted by Crippen LogP contribution is -2.64. The summed E-state index contributed by atoms with van der Waals surface area (Å²) in [5, 5.41) is 1.90. The molecule has 146 valence electrons. The summed E-state index contributed by atoms with van der Waals surface area (Å²) >= 11 is 0. The number of nitrogens with zero attached hydrogens (tertiary/aromatic N) is 1. The third kappa shape index (κ3) is 3.21. The molecule has 1 amide bonds. The number of H-pyrrole nitrogens is 2. The average Bonchev–Trinajstić information content (AvgIpc) is 3.16. The van der Waals surface area contributed by atoms with E-state index in [2.05, 4.69) is 15.7 Å². The standard InChI is InChI=1S/C23H22N4O2/c24-17-7-9-27(10-8-17)23(29)15-5-6-20-16(11-15)13-21(25-20)18-12-14-3-1-2-4-19(14)26-22(18)28/h1-6,11-13,17,25H,7-10,24H2,(H,26,28)/p+1. The number of pyridine rings is 1. The van der Waals surface area contributed by atoms with Crippen molar-refractivity contribution in [1.29, 1.82) is 0 Å². The fourth-order valence-corrected chi connectivity index (χ4v) is 4.08. The van der Waals surface area contributed by atoms with Gasteiger partial charge in [-0.3, -0.25) is 9.59 Å². The monoisotopic (exact) mass is 387 g/mol. The van der Waals surface area contributed by atoms with Gasteiger partial charge in [0.25, 0.3) is 11.5 Å². The van der Waals surface area contributed by atoms with E-state index in [1.54, 1.807) is 0 Å². The van der Waals surface area contributed by atoms with Gasteiger partial charge in [-0.2, -0.15) is 0 Å². The van der Waals surface area contributed by atoms with Gasteiger partial charge in [-0.05, 0) is 41.8 Å². The van der Waals surface area contributed by atoms with Crippen LogP contribution < -0.4 is 11.3 Å². The van der Waals surface area contributed by atoms with Gasteiger partial charge in [0.2, 0.25) is 0 Å². The molecule has 4 aromatic rings. The summed E-state index contributed by atoms with van der Waals surface area (Å²) in [7, 11) is 0. The molecular formula is C23H23N4O2+. The Morgan fingerprint density at radius 1 is 0.931 bits per heavy atom. The summed E-state index contributed by atoms with van der Waals surface area (Å²) in [6.07, 6.45) is 1.90. The molecule has 0 spiro atoms. The largest absolute Gasteiger partial charge is 0.355 e. The molecule has 0 radical (unpaired) electrons. The molecule has 0 aliphatic carbocycles. The number of hydrogen-bond donors (Lipinski definition) is 3. The minimum Gasteiger partial charge on any atom is -0.355 e. The second-order valence-corrected chi connectivity index (χ2v) is 7.82. The van der Waals surface area contributed by atoms with Crippen LogP contribution in [0.15, 0.2) is 59.4 Å². The molecule has 1 saturated heterocycles. The maximum absolute atomic E-state index is 12.9. The number of benzene rings is 2. The number of quaternary nitrogens is 1. The second kappa shape index (κ2) is 6.90. The van der Waals surface area contributed by atoms with E-state index in [0.717, 1.165) is 53.4 Å². The molecule has 0 unspecified atom stereocenters. The zero-order chi connectivity index (χ0) is 20.0. The number of nitrogens with one attached hydrogen (secondary N) is 2. The molecule has 3 heterocycles. The first-order chi connectivity index (χ1) is 14.1. The molecule has 2 aromatic carbocycles. The summed E-state index contributed by atoms with van der Waals surface area (Å²) in [5.41, 5.74) is 7.69. The number of para-hydroxylation sites is 1. The highest BCUT2D eigenvalue weighted by molar-refractivity contribution is 5.99. The quantitative estimate of drug-likeness (QED) is 0.493. The molecule has 5 N–H and O–H groups in total. The minimum absolute atomic E-state index is 0.0603. The van der Waals surface area contributed by atoms with Crippen LogP contribution in [0.25, 0.3) is 33.1 Å². The molecule has 0 saturated carbocycles. The molecule has 6 nitrogen and oxygen atoms in total. The number of carbonyl (C=O) groups excluding carboxylic acids is 1. The Hall–Kier alpha value is -3.38. The van der Waals surface area contributed by atoms with Crippen LogP contribution in [0.1, 0.15) is 23.2 Å². The predicted molar refractivity (Wildman–Crippen MR) is 114 cm³/mol. The van der Waals surface area contributed by atoms with E-state index in [-0.39, 0.29) is 11.5 Å². The highest BCUT2D eigenvalue weighted by Gasteiger charge is 2.23. The van der Waals surface area contributed by atoms with Gasteiger partial charge in [0.15, 0.2) is 0 Å². The topological polar surface area (TPSA) is 96.6 Å². The Balaban J connectivity index is 1.51. The number of fused-ring (bicyclic) bond motifs is 2. The Bertz CT molecular complexity index is 1280. The van der Waals surface area contributed by atoms with Crippen molar-refractivity contribution < 1.29 is 10.5 Å². The van der Waals surface area contributed by atoms with Crippen LogP contribution in [0.5, 0.6) is 0 Å². The van der Waals surface area contributed by atoms with E-state index >= 15 is 0 Å². The van der Waals surface area contributed by atoms with E-state index in [4.69, 9.17) is 0 Å². The number of aromatic nitrogens is 2. The second-order valence-electron chi connectivity index (χ2n) is 7.82. The van der Waals surface area contributed by atoms with Gasteiger partial charge in [0.05, 0.1) is 17.3 Å². The van der Waals surface area contributed by atoms with Crippen LogP contribution in [0.3, 0.4) is 0 Å². The van der Waals surface area contributed by atoms with E-state index in [1.165, 1.54) is 0 Å². The normalized spacial score (nSPS) is 15.3. The van der Waals surface area contributed by atoms with Gasteiger partial charge in [-0.15, -0.1) is 0 Å². The first kappa shape index (κ1) is 17.7. The molecule has 1 aliphatic rings. The number of amides is 1. The summed E-state index contributed by atoms with van der Waals surface area (Å²) in [4.78, 5) is 33.6. The van der Waals surface area contributed by atoms with Crippen molar-refractivity contribution in [3.63, 3.8) is 0 Å². The number of rotatable bonds is 2. The number of carbonyl (C=O) groups is 1. The lowest BCUT2D eigenvalue weighted by atomic mass is 10.0. The van der Waals surface area contributed by atoms with Crippen molar-refractivity contribution in [3.8, 4) is 11.3 Å². The molecular weight excluding hydrogens is 364 g/mol. The summed E-state index contributed by atoms with van der Waals surface area (Å²) < 4.78 is 0. The fourth-order valence-electron chi connectivity index (χ4n) is 4.08. The molecule has 6 heteroatoms. The Morgan fingerprint density at radius 3 is 2.52 bits per heavy atom. The number of piperidine rings is 1. The smallest absolute Gasteiger partial charge is 0.257 e. The third-order valence-corrected chi connectivity index (χ3v) is 5.81. The van der Waals surface area contributed by atoms with Crippen LogP contribution in [0.4, 0.5) is 0 Å². The van der Waals surface area contributed by atoms with Gasteiger partial charge in [-0.25, -0.2) is 0 Å². The van der Waals surface area contributed by atoms with Crippen molar-refractivity contribution >= 4 is 27.7 Å². The lowest BCUT2D eigenvalue weighted by molar-refractivity contribution is -0.425.